The highest BCUT2D eigenvalue weighted by Crippen LogP contribution is 2.12. The Hall–Kier alpha value is -3.40. The third kappa shape index (κ3) is 3.81. The van der Waals surface area contributed by atoms with Gasteiger partial charge in [0.1, 0.15) is 0 Å². The zero-order valence-electron chi connectivity index (χ0n) is 15.4. The van der Waals surface area contributed by atoms with Crippen molar-refractivity contribution in [3.8, 4) is 0 Å². The van der Waals surface area contributed by atoms with Crippen LogP contribution in [0.4, 0.5) is 5.82 Å². The highest BCUT2D eigenvalue weighted by Gasteiger charge is 2.18. The Morgan fingerprint density at radius 1 is 1.11 bits per heavy atom. The SMILES string of the molecule is Cc1nsnc1Cn1nnc(C(=O)Nc2ccn(Cc3ccccc3)n2)c1C. The van der Waals surface area contributed by atoms with Gasteiger partial charge in [0.15, 0.2) is 11.5 Å². The standard InChI is InChI=1S/C18H18N8OS/c1-12-15(23-28-22-12)11-26-13(2)17(20-24-26)18(27)19-16-8-9-25(21-16)10-14-6-4-3-5-7-14/h3-9H,10-11H2,1-2H3,(H,19,21,27). The predicted octanol–water partition coefficient (Wildman–Crippen LogP) is 2.29. The number of hydrogen-bond acceptors (Lipinski definition) is 7. The first-order chi connectivity index (χ1) is 13.6. The fourth-order valence-corrected chi connectivity index (χ4v) is 3.27. The topological polar surface area (TPSA) is 103 Å². The second-order valence-electron chi connectivity index (χ2n) is 6.32. The average molecular weight is 394 g/mol. The number of aromatic nitrogens is 7. The molecule has 9 nitrogen and oxygen atoms in total. The smallest absolute Gasteiger partial charge is 0.279 e. The molecule has 1 aromatic carbocycles. The molecule has 3 heterocycles. The summed E-state index contributed by atoms with van der Waals surface area (Å²) < 4.78 is 11.8. The molecule has 0 saturated heterocycles. The minimum absolute atomic E-state index is 0.262. The van der Waals surface area contributed by atoms with E-state index < -0.39 is 0 Å². The summed E-state index contributed by atoms with van der Waals surface area (Å²) in [6.45, 7) is 4.76. The van der Waals surface area contributed by atoms with Crippen LogP contribution in [0.1, 0.15) is 33.1 Å². The average Bonchev–Trinajstić information content (AvgIpc) is 3.39. The Morgan fingerprint density at radius 3 is 2.68 bits per heavy atom. The molecular weight excluding hydrogens is 376 g/mol. The summed E-state index contributed by atoms with van der Waals surface area (Å²) in [5.74, 6) is 0.122. The quantitative estimate of drug-likeness (QED) is 0.538. The Morgan fingerprint density at radius 2 is 1.93 bits per heavy atom. The summed E-state index contributed by atoms with van der Waals surface area (Å²) in [5, 5.41) is 15.3. The first-order valence-corrected chi connectivity index (χ1v) is 9.40. The van der Waals surface area contributed by atoms with Crippen LogP contribution in [0.25, 0.3) is 0 Å². The molecular formula is C18H18N8OS. The lowest BCUT2D eigenvalue weighted by atomic mass is 10.2. The van der Waals surface area contributed by atoms with Gasteiger partial charge in [0.25, 0.3) is 5.91 Å². The van der Waals surface area contributed by atoms with Gasteiger partial charge in [0, 0.05) is 12.3 Å². The van der Waals surface area contributed by atoms with Crippen molar-refractivity contribution in [2.24, 2.45) is 0 Å². The van der Waals surface area contributed by atoms with Crippen molar-refractivity contribution >= 4 is 23.5 Å². The number of hydrogen-bond donors (Lipinski definition) is 1. The van der Waals surface area contributed by atoms with E-state index in [1.807, 2.05) is 43.5 Å². The fourth-order valence-electron chi connectivity index (χ4n) is 2.72. The number of carbonyl (C=O) groups is 1. The van der Waals surface area contributed by atoms with E-state index in [1.54, 1.807) is 22.4 Å². The van der Waals surface area contributed by atoms with Crippen LogP contribution < -0.4 is 5.32 Å². The fraction of sp³-hybridized carbons (Fsp3) is 0.222. The van der Waals surface area contributed by atoms with Gasteiger partial charge in [-0.05, 0) is 19.4 Å². The van der Waals surface area contributed by atoms with Crippen LogP contribution in [-0.2, 0) is 13.1 Å². The molecule has 142 valence electrons. The number of nitrogens with one attached hydrogen (secondary N) is 1. The molecule has 1 amide bonds. The second-order valence-corrected chi connectivity index (χ2v) is 6.84. The van der Waals surface area contributed by atoms with Crippen LogP contribution in [0.5, 0.6) is 0 Å². The van der Waals surface area contributed by atoms with Crippen LogP contribution >= 0.6 is 11.7 Å². The number of nitrogens with zero attached hydrogens (tertiary/aromatic N) is 7. The Bertz CT molecular complexity index is 1100. The number of rotatable bonds is 6. The summed E-state index contributed by atoms with van der Waals surface area (Å²) >= 11 is 1.16. The van der Waals surface area contributed by atoms with Gasteiger partial charge in [-0.2, -0.15) is 13.8 Å². The summed E-state index contributed by atoms with van der Waals surface area (Å²) in [4.78, 5) is 12.6. The van der Waals surface area contributed by atoms with Gasteiger partial charge in [-0.15, -0.1) is 5.10 Å². The minimum atomic E-state index is -0.346. The lowest BCUT2D eigenvalue weighted by Gasteiger charge is -2.03. The van der Waals surface area contributed by atoms with E-state index in [9.17, 15) is 4.79 Å². The molecule has 0 aliphatic heterocycles. The number of anilines is 1. The number of amides is 1. The zero-order chi connectivity index (χ0) is 19.5. The normalized spacial score (nSPS) is 10.9. The van der Waals surface area contributed by atoms with E-state index in [2.05, 4.69) is 29.5 Å². The number of benzene rings is 1. The molecule has 0 fully saturated rings. The molecule has 0 saturated carbocycles. The maximum Gasteiger partial charge on any atom is 0.279 e. The molecule has 0 bridgehead atoms. The maximum absolute atomic E-state index is 12.6. The van der Waals surface area contributed by atoms with Crippen molar-refractivity contribution in [3.05, 3.63) is 70.9 Å². The van der Waals surface area contributed by atoms with Crippen LogP contribution in [0.2, 0.25) is 0 Å². The molecule has 0 spiro atoms. The Balaban J connectivity index is 1.44. The summed E-state index contributed by atoms with van der Waals surface area (Å²) in [6.07, 6.45) is 1.82. The molecule has 4 rings (SSSR count). The van der Waals surface area contributed by atoms with Gasteiger partial charge in [-0.25, -0.2) is 4.68 Å². The van der Waals surface area contributed by atoms with Gasteiger partial charge < -0.3 is 5.32 Å². The molecule has 0 aliphatic rings. The first-order valence-electron chi connectivity index (χ1n) is 8.67. The summed E-state index contributed by atoms with van der Waals surface area (Å²) in [7, 11) is 0. The zero-order valence-corrected chi connectivity index (χ0v) is 16.2. The molecule has 0 aliphatic carbocycles. The van der Waals surface area contributed by atoms with Crippen molar-refractivity contribution in [3.63, 3.8) is 0 Å². The second kappa shape index (κ2) is 7.69. The van der Waals surface area contributed by atoms with E-state index in [1.165, 1.54) is 0 Å². The lowest BCUT2D eigenvalue weighted by molar-refractivity contribution is 0.102. The van der Waals surface area contributed by atoms with Crippen LogP contribution in [0.15, 0.2) is 42.6 Å². The van der Waals surface area contributed by atoms with Gasteiger partial charge in [-0.3, -0.25) is 9.48 Å². The van der Waals surface area contributed by atoms with Crippen molar-refractivity contribution in [1.82, 2.24) is 33.5 Å². The van der Waals surface area contributed by atoms with Crippen molar-refractivity contribution in [2.45, 2.75) is 26.9 Å². The summed E-state index contributed by atoms with van der Waals surface area (Å²) in [5.41, 5.74) is 3.74. The van der Waals surface area contributed by atoms with Gasteiger partial charge >= 0.3 is 0 Å². The van der Waals surface area contributed by atoms with E-state index >= 15 is 0 Å². The molecule has 3 aromatic heterocycles. The van der Waals surface area contributed by atoms with E-state index in [0.717, 1.165) is 28.7 Å². The Labute approximate surface area is 165 Å². The highest BCUT2D eigenvalue weighted by atomic mass is 32.1. The maximum atomic E-state index is 12.6. The van der Waals surface area contributed by atoms with Gasteiger partial charge in [0.2, 0.25) is 0 Å². The molecule has 1 N–H and O–H groups in total. The monoisotopic (exact) mass is 394 g/mol. The van der Waals surface area contributed by atoms with Crippen LogP contribution in [-0.4, -0.2) is 39.4 Å². The number of carbonyl (C=O) groups excluding carboxylic acids is 1. The molecule has 0 radical (unpaired) electrons. The molecule has 0 atom stereocenters. The molecule has 4 aromatic rings. The summed E-state index contributed by atoms with van der Waals surface area (Å²) in [6, 6.07) is 11.8. The minimum Gasteiger partial charge on any atom is -0.304 e. The van der Waals surface area contributed by atoms with Crippen molar-refractivity contribution in [1.29, 1.82) is 0 Å². The molecule has 10 heteroatoms. The number of aryl methyl sites for hydroxylation is 1. The third-order valence-corrected chi connectivity index (χ3v) is 4.97. The van der Waals surface area contributed by atoms with Gasteiger partial charge in [-0.1, -0.05) is 35.5 Å². The van der Waals surface area contributed by atoms with E-state index in [0.29, 0.717) is 24.6 Å². The van der Waals surface area contributed by atoms with Crippen LogP contribution in [0, 0.1) is 13.8 Å². The van der Waals surface area contributed by atoms with Crippen LogP contribution in [0.3, 0.4) is 0 Å². The molecule has 28 heavy (non-hydrogen) atoms. The first kappa shape index (κ1) is 18.0. The van der Waals surface area contributed by atoms with Gasteiger partial charge in [0.05, 0.1) is 41.9 Å². The highest BCUT2D eigenvalue weighted by molar-refractivity contribution is 6.99. The van der Waals surface area contributed by atoms with Crippen molar-refractivity contribution < 1.29 is 4.79 Å². The molecule has 0 unspecified atom stereocenters. The largest absolute Gasteiger partial charge is 0.304 e. The van der Waals surface area contributed by atoms with E-state index in [4.69, 9.17) is 0 Å². The predicted molar refractivity (Wildman–Crippen MR) is 104 cm³/mol. The Kier molecular flexibility index (Phi) is 4.94. The van der Waals surface area contributed by atoms with Crippen molar-refractivity contribution in [2.75, 3.05) is 5.32 Å². The lowest BCUT2D eigenvalue weighted by Crippen LogP contribution is -2.15. The van der Waals surface area contributed by atoms with E-state index in [-0.39, 0.29) is 11.6 Å². The third-order valence-electron chi connectivity index (χ3n) is 4.31.